The van der Waals surface area contributed by atoms with Gasteiger partial charge in [0.05, 0.1) is 0 Å². The van der Waals surface area contributed by atoms with Crippen molar-refractivity contribution in [3.63, 3.8) is 0 Å². The van der Waals surface area contributed by atoms with Crippen LogP contribution >= 0.6 is 0 Å². The molecular weight excluding hydrogens is 376 g/mol. The summed E-state index contributed by atoms with van der Waals surface area (Å²) in [6.45, 7) is 5.25. The molecule has 4 rings (SSSR count). The molecule has 0 fully saturated rings. The molecule has 0 aliphatic carbocycles. The first-order valence-corrected chi connectivity index (χ1v) is 10.5. The summed E-state index contributed by atoms with van der Waals surface area (Å²) in [6, 6.07) is 12.2. The van der Waals surface area contributed by atoms with Crippen LogP contribution in [0, 0.1) is 0 Å². The summed E-state index contributed by atoms with van der Waals surface area (Å²) in [4.78, 5) is 9.47. The van der Waals surface area contributed by atoms with Crippen LogP contribution < -0.4 is 0 Å². The van der Waals surface area contributed by atoms with Gasteiger partial charge in [0.2, 0.25) is 0 Å². The van der Waals surface area contributed by atoms with Crippen molar-refractivity contribution in [3.8, 4) is 22.5 Å². The number of hydrogen-bond donors (Lipinski definition) is 1. The Morgan fingerprint density at radius 3 is 2.57 bits per heavy atom. The Kier molecular flexibility index (Phi) is 6.22. The Morgan fingerprint density at radius 2 is 1.87 bits per heavy atom. The van der Waals surface area contributed by atoms with E-state index in [-0.39, 0.29) is 0 Å². The third-order valence-electron chi connectivity index (χ3n) is 4.99. The number of H-pyrrole nitrogens is 1. The Balaban J connectivity index is 1.57. The van der Waals surface area contributed by atoms with Gasteiger partial charge in [-0.05, 0) is 34.9 Å². The summed E-state index contributed by atoms with van der Waals surface area (Å²) in [5.74, 6) is 2.55. The van der Waals surface area contributed by atoms with Crippen molar-refractivity contribution < 1.29 is 0 Å². The number of nitrogens with one attached hydrogen (secondary N) is 1. The highest BCUT2D eigenvalue weighted by Gasteiger charge is 2.13. The molecule has 1 N–H and O–H groups in total. The van der Waals surface area contributed by atoms with Gasteiger partial charge in [-0.2, -0.15) is 5.10 Å². The average Bonchev–Trinajstić information content (AvgIpc) is 3.44. The Hall–Kier alpha value is -3.42. The normalized spacial score (nSPS) is 11.1. The van der Waals surface area contributed by atoms with E-state index in [9.17, 15) is 0 Å². The molecule has 154 valence electrons. The van der Waals surface area contributed by atoms with Crippen LogP contribution in [0.25, 0.3) is 22.5 Å². The molecule has 8 nitrogen and oxygen atoms in total. The molecule has 0 amide bonds. The van der Waals surface area contributed by atoms with Gasteiger partial charge in [-0.25, -0.2) is 14.8 Å². The lowest BCUT2D eigenvalue weighted by Gasteiger charge is -2.08. The fourth-order valence-corrected chi connectivity index (χ4v) is 3.44. The zero-order chi connectivity index (χ0) is 20.8. The fraction of sp³-hybridized carbons (Fsp3) is 0.364. The van der Waals surface area contributed by atoms with E-state index in [1.165, 1.54) is 0 Å². The molecule has 30 heavy (non-hydrogen) atoms. The number of tetrazole rings is 1. The van der Waals surface area contributed by atoms with Gasteiger partial charge in [0.25, 0.3) is 0 Å². The highest BCUT2D eigenvalue weighted by molar-refractivity contribution is 5.79. The summed E-state index contributed by atoms with van der Waals surface area (Å²) in [5.41, 5.74) is 3.97. The van der Waals surface area contributed by atoms with E-state index in [1.54, 1.807) is 0 Å². The standard InChI is InChI=1S/C22H26N8/c1-3-5-13-30-21(24-20(27-30)8-4-2)14-17-12-11-16(15-23-17)18-9-6-7-10-19(18)22-25-28-29-26-22/h6-7,9-12,15H,3-5,8,13-14H2,1-2H3,(H,25,26,28,29). The number of rotatable bonds is 9. The first-order chi connectivity index (χ1) is 14.8. The molecule has 0 unspecified atom stereocenters. The summed E-state index contributed by atoms with van der Waals surface area (Å²) in [7, 11) is 0. The highest BCUT2D eigenvalue weighted by atomic mass is 15.5. The van der Waals surface area contributed by atoms with E-state index in [1.807, 2.05) is 30.5 Å². The third-order valence-corrected chi connectivity index (χ3v) is 4.99. The fourth-order valence-electron chi connectivity index (χ4n) is 3.44. The first kappa shape index (κ1) is 19.9. The van der Waals surface area contributed by atoms with Crippen molar-refractivity contribution in [1.29, 1.82) is 0 Å². The Bertz CT molecular complexity index is 1070. The van der Waals surface area contributed by atoms with Crippen LogP contribution in [0.15, 0.2) is 42.6 Å². The van der Waals surface area contributed by atoms with Crippen molar-refractivity contribution >= 4 is 0 Å². The van der Waals surface area contributed by atoms with Gasteiger partial charge < -0.3 is 0 Å². The largest absolute Gasteiger partial charge is 0.260 e. The van der Waals surface area contributed by atoms with E-state index in [4.69, 9.17) is 15.1 Å². The second kappa shape index (κ2) is 9.39. The van der Waals surface area contributed by atoms with Gasteiger partial charge in [-0.1, -0.05) is 50.6 Å². The smallest absolute Gasteiger partial charge is 0.180 e. The van der Waals surface area contributed by atoms with Crippen LogP contribution in [-0.4, -0.2) is 40.4 Å². The molecule has 4 aromatic rings. The highest BCUT2D eigenvalue weighted by Crippen LogP contribution is 2.29. The van der Waals surface area contributed by atoms with Crippen molar-refractivity contribution in [3.05, 3.63) is 59.9 Å². The lowest BCUT2D eigenvalue weighted by atomic mass is 10.0. The molecule has 0 atom stereocenters. The molecule has 0 saturated carbocycles. The molecule has 0 spiro atoms. The van der Waals surface area contributed by atoms with Crippen LogP contribution in [0.1, 0.15) is 50.5 Å². The second-order valence-electron chi connectivity index (χ2n) is 7.28. The monoisotopic (exact) mass is 402 g/mol. The average molecular weight is 403 g/mol. The van der Waals surface area contributed by atoms with Crippen LogP contribution in [0.2, 0.25) is 0 Å². The number of unbranched alkanes of at least 4 members (excludes halogenated alkanes) is 1. The van der Waals surface area contributed by atoms with Gasteiger partial charge in [0, 0.05) is 42.4 Å². The Labute approximate surface area is 175 Å². The predicted molar refractivity (Wildman–Crippen MR) is 115 cm³/mol. The maximum Gasteiger partial charge on any atom is 0.180 e. The van der Waals surface area contributed by atoms with Crippen LogP contribution in [0.5, 0.6) is 0 Å². The van der Waals surface area contributed by atoms with E-state index in [0.717, 1.165) is 66.3 Å². The Morgan fingerprint density at radius 1 is 1.00 bits per heavy atom. The number of nitrogens with zero attached hydrogens (tertiary/aromatic N) is 7. The quantitative estimate of drug-likeness (QED) is 0.456. The van der Waals surface area contributed by atoms with Crippen LogP contribution in [0.3, 0.4) is 0 Å². The molecule has 3 aromatic heterocycles. The summed E-state index contributed by atoms with van der Waals surface area (Å²) < 4.78 is 2.05. The van der Waals surface area contributed by atoms with Crippen molar-refractivity contribution in [2.45, 2.75) is 52.5 Å². The molecule has 0 aliphatic heterocycles. The molecule has 0 aliphatic rings. The summed E-state index contributed by atoms with van der Waals surface area (Å²) in [6.07, 6.45) is 6.76. The van der Waals surface area contributed by atoms with Gasteiger partial charge >= 0.3 is 0 Å². The first-order valence-electron chi connectivity index (χ1n) is 10.5. The van der Waals surface area contributed by atoms with Gasteiger partial charge in [0.15, 0.2) is 11.6 Å². The second-order valence-corrected chi connectivity index (χ2v) is 7.28. The van der Waals surface area contributed by atoms with Gasteiger partial charge in [0.1, 0.15) is 5.82 Å². The van der Waals surface area contributed by atoms with E-state index in [0.29, 0.717) is 12.2 Å². The van der Waals surface area contributed by atoms with Gasteiger partial charge in [-0.15, -0.1) is 5.10 Å². The molecule has 3 heterocycles. The lowest BCUT2D eigenvalue weighted by molar-refractivity contribution is 0.544. The number of aryl methyl sites for hydroxylation is 2. The zero-order valence-electron chi connectivity index (χ0n) is 17.4. The molecule has 1 aromatic carbocycles. The number of pyridine rings is 1. The summed E-state index contributed by atoms with van der Waals surface area (Å²) in [5, 5.41) is 18.9. The number of benzene rings is 1. The number of aromatic nitrogens is 8. The minimum atomic E-state index is 0.641. The molecule has 0 radical (unpaired) electrons. The number of aromatic amines is 1. The topological polar surface area (TPSA) is 98.1 Å². The van der Waals surface area contributed by atoms with E-state index >= 15 is 0 Å². The number of hydrogen-bond acceptors (Lipinski definition) is 6. The molecule has 8 heteroatoms. The van der Waals surface area contributed by atoms with Crippen LogP contribution in [-0.2, 0) is 19.4 Å². The predicted octanol–water partition coefficient (Wildman–Crippen LogP) is 3.86. The van der Waals surface area contributed by atoms with Crippen LogP contribution in [0.4, 0.5) is 0 Å². The minimum absolute atomic E-state index is 0.641. The van der Waals surface area contributed by atoms with E-state index in [2.05, 4.69) is 51.3 Å². The van der Waals surface area contributed by atoms with E-state index < -0.39 is 0 Å². The summed E-state index contributed by atoms with van der Waals surface area (Å²) >= 11 is 0. The molecule has 0 saturated heterocycles. The molecule has 0 bridgehead atoms. The third kappa shape index (κ3) is 4.42. The zero-order valence-corrected chi connectivity index (χ0v) is 17.4. The maximum atomic E-state index is 4.76. The molecular formula is C22H26N8. The van der Waals surface area contributed by atoms with Crippen molar-refractivity contribution in [1.82, 2.24) is 40.4 Å². The maximum absolute atomic E-state index is 4.76. The SMILES string of the molecule is CCCCn1nc(CCC)nc1Cc1ccc(-c2ccccc2-c2nnn[nH]2)cn1. The lowest BCUT2D eigenvalue weighted by Crippen LogP contribution is -2.07. The van der Waals surface area contributed by atoms with Gasteiger partial charge in [-0.3, -0.25) is 4.98 Å². The minimum Gasteiger partial charge on any atom is -0.260 e. The van der Waals surface area contributed by atoms with Crippen molar-refractivity contribution in [2.75, 3.05) is 0 Å². The van der Waals surface area contributed by atoms with Crippen molar-refractivity contribution in [2.24, 2.45) is 0 Å².